The van der Waals surface area contributed by atoms with E-state index >= 15 is 0 Å². The second-order valence-electron chi connectivity index (χ2n) is 6.16. The minimum Gasteiger partial charge on any atom is -0.497 e. The van der Waals surface area contributed by atoms with Gasteiger partial charge in [-0.25, -0.2) is 9.97 Å². The van der Waals surface area contributed by atoms with Gasteiger partial charge in [0, 0.05) is 13.3 Å². The number of benzene rings is 2. The van der Waals surface area contributed by atoms with Crippen LogP contribution < -0.4 is 4.74 Å². The minimum atomic E-state index is -0.250. The number of hydrogen-bond acceptors (Lipinski definition) is 7. The van der Waals surface area contributed by atoms with Crippen LogP contribution in [0.2, 0.25) is 0 Å². The van der Waals surface area contributed by atoms with Gasteiger partial charge in [0.2, 0.25) is 0 Å². The highest BCUT2D eigenvalue weighted by atomic mass is 32.1. The molecular formula is C21H18N2O3S2. The Balaban J connectivity index is 1.51. The number of fused-ring (bicyclic) bond motifs is 2. The zero-order valence-corrected chi connectivity index (χ0v) is 17.1. The van der Waals surface area contributed by atoms with Gasteiger partial charge in [0.25, 0.3) is 0 Å². The first-order valence-corrected chi connectivity index (χ1v) is 10.4. The van der Waals surface area contributed by atoms with Gasteiger partial charge in [-0.15, -0.1) is 22.7 Å². The number of methoxy groups -OCH3 is 1. The lowest BCUT2D eigenvalue weighted by molar-refractivity contribution is -0.140. The average molecular weight is 411 g/mol. The van der Waals surface area contributed by atoms with Crippen molar-refractivity contribution in [1.29, 1.82) is 0 Å². The number of thiazole rings is 2. The van der Waals surface area contributed by atoms with Crippen molar-refractivity contribution in [2.75, 3.05) is 13.7 Å². The molecule has 0 saturated heterocycles. The number of nitrogens with zero attached hydrogens (tertiary/aromatic N) is 2. The zero-order chi connectivity index (χ0) is 19.5. The van der Waals surface area contributed by atoms with Crippen LogP contribution in [-0.4, -0.2) is 29.7 Å². The van der Waals surface area contributed by atoms with Crippen molar-refractivity contribution in [1.82, 2.24) is 9.97 Å². The molecule has 0 aliphatic carbocycles. The molecule has 5 nitrogen and oxygen atoms in total. The molecule has 0 N–H and O–H groups in total. The summed E-state index contributed by atoms with van der Waals surface area (Å²) < 4.78 is 12.5. The molecule has 0 saturated carbocycles. The highest BCUT2D eigenvalue weighted by Crippen LogP contribution is 2.29. The molecule has 7 heteroatoms. The Kier molecular flexibility index (Phi) is 5.36. The molecule has 2 heterocycles. The maximum atomic E-state index is 10.9. The zero-order valence-electron chi connectivity index (χ0n) is 15.5. The van der Waals surface area contributed by atoms with Gasteiger partial charge in [-0.05, 0) is 48.0 Å². The highest BCUT2D eigenvalue weighted by molar-refractivity contribution is 7.20. The summed E-state index contributed by atoms with van der Waals surface area (Å²) in [5, 5.41) is 1.87. The predicted molar refractivity (Wildman–Crippen MR) is 115 cm³/mol. The van der Waals surface area contributed by atoms with E-state index in [1.54, 1.807) is 29.8 Å². The van der Waals surface area contributed by atoms with Gasteiger partial charge in [-0.1, -0.05) is 6.07 Å². The number of rotatable bonds is 6. The van der Waals surface area contributed by atoms with Crippen LogP contribution in [0, 0.1) is 0 Å². The molecule has 0 aliphatic heterocycles. The molecule has 0 amide bonds. The van der Waals surface area contributed by atoms with Crippen LogP contribution in [-0.2, 0) is 16.0 Å². The van der Waals surface area contributed by atoms with Crippen LogP contribution in [0.1, 0.15) is 22.5 Å². The van der Waals surface area contributed by atoms with Crippen LogP contribution in [0.4, 0.5) is 0 Å². The second-order valence-corrected chi connectivity index (χ2v) is 8.29. The molecule has 0 unspecified atom stereocenters. The van der Waals surface area contributed by atoms with E-state index in [1.165, 1.54) is 6.92 Å². The third kappa shape index (κ3) is 4.21. The molecule has 0 bridgehead atoms. The SMILES string of the molecule is COc1ccc2nc(C=Cc3nc4ccc(CCOC(C)=O)cc4s3)sc2c1. The largest absolute Gasteiger partial charge is 0.497 e. The maximum Gasteiger partial charge on any atom is 0.302 e. The molecule has 4 rings (SSSR count). The van der Waals surface area contributed by atoms with E-state index < -0.39 is 0 Å². The number of hydrogen-bond donors (Lipinski definition) is 0. The van der Waals surface area contributed by atoms with Gasteiger partial charge in [-0.2, -0.15) is 0 Å². The minimum absolute atomic E-state index is 0.250. The molecule has 4 aromatic rings. The third-order valence-electron chi connectivity index (χ3n) is 4.15. The standard InChI is InChI=1S/C21H18N2O3S2/c1-13(24)26-10-9-14-3-5-16-18(11-14)27-20(22-16)7-8-21-23-17-6-4-15(25-2)12-19(17)28-21/h3-8,11-12H,9-10H2,1-2H3. The van der Waals surface area contributed by atoms with E-state index in [2.05, 4.69) is 16.0 Å². The predicted octanol–water partition coefficient (Wildman–Crippen LogP) is 5.19. The first-order valence-electron chi connectivity index (χ1n) is 8.76. The molecule has 0 fully saturated rings. The van der Waals surface area contributed by atoms with Crippen molar-refractivity contribution in [3.63, 3.8) is 0 Å². The molecule has 0 aliphatic rings. The molecule has 142 valence electrons. The van der Waals surface area contributed by atoms with E-state index in [0.717, 1.165) is 41.8 Å². The fraction of sp³-hybridized carbons (Fsp3) is 0.190. The van der Waals surface area contributed by atoms with E-state index in [9.17, 15) is 4.79 Å². The van der Waals surface area contributed by atoms with Crippen molar-refractivity contribution < 1.29 is 14.3 Å². The van der Waals surface area contributed by atoms with Crippen LogP contribution >= 0.6 is 22.7 Å². The lowest BCUT2D eigenvalue weighted by atomic mass is 10.1. The topological polar surface area (TPSA) is 61.3 Å². The Hall–Kier alpha value is -2.77. The Morgan fingerprint density at radius 3 is 2.29 bits per heavy atom. The first kappa shape index (κ1) is 18.6. The van der Waals surface area contributed by atoms with Gasteiger partial charge >= 0.3 is 5.97 Å². The number of carbonyl (C=O) groups excluding carboxylic acids is 1. The fourth-order valence-electron chi connectivity index (χ4n) is 2.79. The summed E-state index contributed by atoms with van der Waals surface area (Å²) in [7, 11) is 1.66. The Labute approximate surface area is 170 Å². The van der Waals surface area contributed by atoms with Gasteiger partial charge in [0.1, 0.15) is 15.8 Å². The van der Waals surface area contributed by atoms with Crippen LogP contribution in [0.25, 0.3) is 32.6 Å². The molecule has 0 atom stereocenters. The number of esters is 1. The van der Waals surface area contributed by atoms with E-state index in [4.69, 9.17) is 9.47 Å². The maximum absolute atomic E-state index is 10.9. The molecule has 0 spiro atoms. The van der Waals surface area contributed by atoms with E-state index in [1.807, 2.05) is 42.5 Å². The number of aromatic nitrogens is 2. The lowest BCUT2D eigenvalue weighted by Crippen LogP contribution is -2.02. The van der Waals surface area contributed by atoms with E-state index in [-0.39, 0.29) is 5.97 Å². The van der Waals surface area contributed by atoms with Gasteiger partial charge in [-0.3, -0.25) is 4.79 Å². The summed E-state index contributed by atoms with van der Waals surface area (Å²) in [5.41, 5.74) is 3.06. The summed E-state index contributed by atoms with van der Waals surface area (Å²) in [6, 6.07) is 12.0. The summed E-state index contributed by atoms with van der Waals surface area (Å²) in [6.45, 7) is 1.82. The van der Waals surface area contributed by atoms with Crippen LogP contribution in [0.15, 0.2) is 36.4 Å². The van der Waals surface area contributed by atoms with Crippen molar-refractivity contribution in [3.8, 4) is 5.75 Å². The molecule has 2 aromatic carbocycles. The van der Waals surface area contributed by atoms with Gasteiger partial charge in [0.15, 0.2) is 0 Å². The van der Waals surface area contributed by atoms with Gasteiger partial charge in [0.05, 0.1) is 34.1 Å². The highest BCUT2D eigenvalue weighted by Gasteiger charge is 2.06. The lowest BCUT2D eigenvalue weighted by Gasteiger charge is -2.01. The van der Waals surface area contributed by atoms with Crippen molar-refractivity contribution in [2.24, 2.45) is 0 Å². The molecule has 2 aromatic heterocycles. The summed E-state index contributed by atoms with van der Waals surface area (Å²) >= 11 is 3.26. The summed E-state index contributed by atoms with van der Waals surface area (Å²) in [4.78, 5) is 20.2. The average Bonchev–Trinajstić information content (AvgIpc) is 3.28. The molecule has 28 heavy (non-hydrogen) atoms. The number of carbonyl (C=O) groups is 1. The van der Waals surface area contributed by atoms with E-state index in [0.29, 0.717) is 13.0 Å². The Bertz CT molecular complexity index is 1180. The van der Waals surface area contributed by atoms with Gasteiger partial charge < -0.3 is 9.47 Å². The number of ether oxygens (including phenoxy) is 2. The Morgan fingerprint density at radius 1 is 1.00 bits per heavy atom. The van der Waals surface area contributed by atoms with Crippen LogP contribution in [0.5, 0.6) is 5.75 Å². The second kappa shape index (κ2) is 8.08. The first-order chi connectivity index (χ1) is 13.6. The molecular weight excluding hydrogens is 392 g/mol. The fourth-order valence-corrected chi connectivity index (χ4v) is 4.62. The third-order valence-corrected chi connectivity index (χ3v) is 6.11. The molecule has 0 radical (unpaired) electrons. The monoisotopic (exact) mass is 410 g/mol. The van der Waals surface area contributed by atoms with Crippen LogP contribution in [0.3, 0.4) is 0 Å². The normalized spacial score (nSPS) is 11.5. The smallest absolute Gasteiger partial charge is 0.302 e. The Morgan fingerprint density at radius 2 is 1.64 bits per heavy atom. The quantitative estimate of drug-likeness (QED) is 0.409. The van der Waals surface area contributed by atoms with Crippen molar-refractivity contribution in [2.45, 2.75) is 13.3 Å². The van der Waals surface area contributed by atoms with Crippen molar-refractivity contribution in [3.05, 3.63) is 52.0 Å². The summed E-state index contributed by atoms with van der Waals surface area (Å²) in [5.74, 6) is 0.585. The van der Waals surface area contributed by atoms with Crippen molar-refractivity contribution >= 4 is 61.2 Å². The summed E-state index contributed by atoms with van der Waals surface area (Å²) in [6.07, 6.45) is 4.70.